The van der Waals surface area contributed by atoms with Gasteiger partial charge in [-0.1, -0.05) is 11.6 Å². The van der Waals surface area contributed by atoms with Crippen LogP contribution in [0.1, 0.15) is 18.9 Å². The molecule has 110 valence electrons. The Hall–Kier alpha value is -1.59. The molecule has 0 unspecified atom stereocenters. The average molecular weight is 299 g/mol. The molecule has 0 atom stereocenters. The molecule has 0 saturated carbocycles. The monoisotopic (exact) mass is 298 g/mol. The van der Waals surface area contributed by atoms with E-state index in [1.54, 1.807) is 18.2 Å². The Morgan fingerprint density at radius 3 is 2.70 bits per heavy atom. The van der Waals surface area contributed by atoms with Gasteiger partial charge in [-0.25, -0.2) is 0 Å². The first kappa shape index (κ1) is 16.5. The molecule has 1 aromatic rings. The molecule has 1 rings (SSSR count). The maximum atomic E-state index is 11.7. The second-order valence-electron chi connectivity index (χ2n) is 4.22. The van der Waals surface area contributed by atoms with Crippen molar-refractivity contribution >= 4 is 29.1 Å². The highest BCUT2D eigenvalue weighted by atomic mass is 35.5. The lowest BCUT2D eigenvalue weighted by Gasteiger charge is -2.09. The number of ether oxygens (including phenoxy) is 1. The van der Waals surface area contributed by atoms with Crippen LogP contribution in [0.2, 0.25) is 5.02 Å². The Balaban J connectivity index is 2.39. The highest BCUT2D eigenvalue weighted by molar-refractivity contribution is 6.39. The second-order valence-corrected chi connectivity index (χ2v) is 4.66. The van der Waals surface area contributed by atoms with E-state index < -0.39 is 11.8 Å². The molecule has 0 aliphatic carbocycles. The van der Waals surface area contributed by atoms with Gasteiger partial charge < -0.3 is 15.4 Å². The van der Waals surface area contributed by atoms with E-state index in [9.17, 15) is 9.59 Å². The minimum absolute atomic E-state index is 0.409. The minimum atomic E-state index is -0.688. The molecule has 1 aromatic carbocycles. The number of carbonyl (C=O) groups is 2. The zero-order chi connectivity index (χ0) is 15.0. The van der Waals surface area contributed by atoms with E-state index in [1.807, 2.05) is 13.8 Å². The summed E-state index contributed by atoms with van der Waals surface area (Å²) in [6.07, 6.45) is 0.673. The van der Waals surface area contributed by atoms with Crippen LogP contribution in [0.4, 0.5) is 5.69 Å². The second kappa shape index (κ2) is 8.55. The van der Waals surface area contributed by atoms with E-state index in [4.69, 9.17) is 16.3 Å². The Labute approximate surface area is 123 Å². The average Bonchev–Trinajstić information content (AvgIpc) is 2.41. The molecule has 0 saturated heterocycles. The van der Waals surface area contributed by atoms with Crippen LogP contribution in [-0.2, 0) is 14.3 Å². The van der Waals surface area contributed by atoms with Crippen LogP contribution in [0.5, 0.6) is 0 Å². The van der Waals surface area contributed by atoms with Crippen molar-refractivity contribution < 1.29 is 14.3 Å². The summed E-state index contributed by atoms with van der Waals surface area (Å²) < 4.78 is 5.13. The molecule has 5 nitrogen and oxygen atoms in total. The largest absolute Gasteiger partial charge is 0.382 e. The lowest BCUT2D eigenvalue weighted by atomic mass is 10.2. The molecular formula is C14H19ClN2O3. The highest BCUT2D eigenvalue weighted by Gasteiger charge is 2.13. The Bertz CT molecular complexity index is 477. The summed E-state index contributed by atoms with van der Waals surface area (Å²) in [5.74, 6) is -1.34. The van der Waals surface area contributed by atoms with Gasteiger partial charge in [-0.15, -0.1) is 0 Å². The van der Waals surface area contributed by atoms with Crippen LogP contribution >= 0.6 is 11.6 Å². The molecule has 0 aromatic heterocycles. The van der Waals surface area contributed by atoms with Gasteiger partial charge >= 0.3 is 11.8 Å². The van der Waals surface area contributed by atoms with Crippen LogP contribution in [0.25, 0.3) is 0 Å². The van der Waals surface area contributed by atoms with Gasteiger partial charge in [-0.2, -0.15) is 0 Å². The lowest BCUT2D eigenvalue weighted by Crippen LogP contribution is -2.36. The van der Waals surface area contributed by atoms with E-state index in [0.29, 0.717) is 36.9 Å². The number of carbonyl (C=O) groups excluding carboxylic acids is 2. The minimum Gasteiger partial charge on any atom is -0.382 e. The van der Waals surface area contributed by atoms with E-state index in [0.717, 1.165) is 5.56 Å². The summed E-state index contributed by atoms with van der Waals surface area (Å²) in [5.41, 5.74) is 1.37. The van der Waals surface area contributed by atoms with Gasteiger partial charge in [0.25, 0.3) is 0 Å². The Morgan fingerprint density at radius 1 is 1.30 bits per heavy atom. The van der Waals surface area contributed by atoms with E-state index in [1.165, 1.54) is 0 Å². The van der Waals surface area contributed by atoms with Crippen LogP contribution in [0, 0.1) is 6.92 Å². The summed E-state index contributed by atoms with van der Waals surface area (Å²) in [4.78, 5) is 23.3. The normalized spacial score (nSPS) is 10.2. The standard InChI is InChI=1S/C14H19ClN2O3/c1-3-20-8-4-7-16-13(18)14(19)17-12-6-5-11(15)9-10(12)2/h5-6,9H,3-4,7-8H2,1-2H3,(H,16,18)(H,17,19). The highest BCUT2D eigenvalue weighted by Crippen LogP contribution is 2.19. The molecular weight excluding hydrogens is 280 g/mol. The number of aryl methyl sites for hydroxylation is 1. The maximum absolute atomic E-state index is 11.7. The van der Waals surface area contributed by atoms with E-state index in [2.05, 4.69) is 10.6 Å². The van der Waals surface area contributed by atoms with Gasteiger partial charge in [0.05, 0.1) is 0 Å². The van der Waals surface area contributed by atoms with Crippen molar-refractivity contribution in [2.45, 2.75) is 20.3 Å². The molecule has 0 heterocycles. The number of halogens is 1. The Kier molecular flexibility index (Phi) is 7.04. The molecule has 0 spiro atoms. The number of amides is 2. The number of anilines is 1. The third-order valence-corrected chi connectivity index (χ3v) is 2.83. The van der Waals surface area contributed by atoms with Gasteiger partial charge in [0.15, 0.2) is 0 Å². The quantitative estimate of drug-likeness (QED) is 0.624. The lowest BCUT2D eigenvalue weighted by molar-refractivity contribution is -0.136. The summed E-state index contributed by atoms with van der Waals surface area (Å²) in [6, 6.07) is 5.04. The first-order chi connectivity index (χ1) is 9.54. The van der Waals surface area contributed by atoms with E-state index in [-0.39, 0.29) is 0 Å². The molecule has 0 bridgehead atoms. The zero-order valence-electron chi connectivity index (χ0n) is 11.7. The Morgan fingerprint density at radius 2 is 2.05 bits per heavy atom. The molecule has 6 heteroatoms. The molecule has 20 heavy (non-hydrogen) atoms. The van der Waals surface area contributed by atoms with Crippen molar-refractivity contribution in [2.24, 2.45) is 0 Å². The van der Waals surface area contributed by atoms with Crippen molar-refractivity contribution in [1.29, 1.82) is 0 Å². The molecule has 0 radical (unpaired) electrons. The van der Waals surface area contributed by atoms with Crippen molar-refractivity contribution in [3.63, 3.8) is 0 Å². The predicted octanol–water partition coefficient (Wildman–Crippen LogP) is 2.13. The van der Waals surface area contributed by atoms with Gasteiger partial charge in [0.2, 0.25) is 0 Å². The number of benzene rings is 1. The van der Waals surface area contributed by atoms with Gasteiger partial charge in [-0.3, -0.25) is 9.59 Å². The number of rotatable bonds is 6. The van der Waals surface area contributed by atoms with Crippen molar-refractivity contribution in [3.8, 4) is 0 Å². The van der Waals surface area contributed by atoms with Crippen LogP contribution in [0.3, 0.4) is 0 Å². The van der Waals surface area contributed by atoms with Crippen molar-refractivity contribution in [2.75, 3.05) is 25.1 Å². The maximum Gasteiger partial charge on any atom is 0.313 e. The van der Waals surface area contributed by atoms with Crippen molar-refractivity contribution in [1.82, 2.24) is 5.32 Å². The first-order valence-corrected chi connectivity index (χ1v) is 6.85. The zero-order valence-corrected chi connectivity index (χ0v) is 12.4. The summed E-state index contributed by atoms with van der Waals surface area (Å²) in [6.45, 7) is 5.33. The summed E-state index contributed by atoms with van der Waals surface area (Å²) in [7, 11) is 0. The number of hydrogen-bond donors (Lipinski definition) is 2. The van der Waals surface area contributed by atoms with Crippen molar-refractivity contribution in [3.05, 3.63) is 28.8 Å². The van der Waals surface area contributed by atoms with Gasteiger partial charge in [-0.05, 0) is 44.0 Å². The molecule has 0 fully saturated rings. The fraction of sp³-hybridized carbons (Fsp3) is 0.429. The van der Waals surface area contributed by atoms with E-state index >= 15 is 0 Å². The number of hydrogen-bond acceptors (Lipinski definition) is 3. The fourth-order valence-corrected chi connectivity index (χ4v) is 1.77. The van der Waals surface area contributed by atoms with Gasteiger partial charge in [0, 0.05) is 30.5 Å². The first-order valence-electron chi connectivity index (χ1n) is 6.47. The third kappa shape index (κ3) is 5.59. The summed E-state index contributed by atoms with van der Waals surface area (Å²) in [5, 5.41) is 5.67. The fourth-order valence-electron chi connectivity index (χ4n) is 1.55. The molecule has 2 N–H and O–H groups in total. The smallest absolute Gasteiger partial charge is 0.313 e. The third-order valence-electron chi connectivity index (χ3n) is 2.60. The van der Waals surface area contributed by atoms with Crippen LogP contribution in [0.15, 0.2) is 18.2 Å². The topological polar surface area (TPSA) is 67.4 Å². The SMILES string of the molecule is CCOCCCNC(=O)C(=O)Nc1ccc(Cl)cc1C. The number of nitrogens with one attached hydrogen (secondary N) is 2. The molecule has 0 aliphatic rings. The van der Waals surface area contributed by atoms with Crippen LogP contribution < -0.4 is 10.6 Å². The molecule has 2 amide bonds. The summed E-state index contributed by atoms with van der Waals surface area (Å²) >= 11 is 5.82. The van der Waals surface area contributed by atoms with Crippen LogP contribution in [-0.4, -0.2) is 31.6 Å². The van der Waals surface area contributed by atoms with Gasteiger partial charge in [0.1, 0.15) is 0 Å². The molecule has 0 aliphatic heterocycles. The predicted molar refractivity (Wildman–Crippen MR) is 78.9 cm³/mol.